The normalized spacial score (nSPS) is 17.5. The van der Waals surface area contributed by atoms with Crippen LogP contribution >= 0.6 is 0 Å². The SMILES string of the molecule is C[Si](O)(O[Si](C)(O)c1ccccc1)c1ccccc1. The first kappa shape index (κ1) is 14.2. The summed E-state index contributed by atoms with van der Waals surface area (Å²) in [6, 6.07) is 18.6. The molecule has 2 N–H and O–H groups in total. The molecule has 0 heterocycles. The molecule has 2 unspecified atom stereocenters. The first-order valence-corrected chi connectivity index (χ1v) is 10.9. The Hall–Kier alpha value is -1.25. The van der Waals surface area contributed by atoms with E-state index < -0.39 is 17.1 Å². The maximum atomic E-state index is 10.6. The van der Waals surface area contributed by atoms with Crippen LogP contribution in [-0.2, 0) is 4.12 Å². The Morgan fingerprint density at radius 3 is 1.32 bits per heavy atom. The Labute approximate surface area is 115 Å². The van der Waals surface area contributed by atoms with Gasteiger partial charge < -0.3 is 13.7 Å². The second-order valence-corrected chi connectivity index (χ2v) is 10.7. The summed E-state index contributed by atoms with van der Waals surface area (Å²) in [6.07, 6.45) is 0. The van der Waals surface area contributed by atoms with Crippen LogP contribution in [0.25, 0.3) is 0 Å². The molecule has 0 spiro atoms. The van der Waals surface area contributed by atoms with E-state index in [1.807, 2.05) is 60.7 Å². The summed E-state index contributed by atoms with van der Waals surface area (Å²) in [5, 5.41) is 1.53. The van der Waals surface area contributed by atoms with Crippen molar-refractivity contribution in [2.75, 3.05) is 0 Å². The third kappa shape index (κ3) is 3.40. The number of hydrogen-bond acceptors (Lipinski definition) is 3. The Kier molecular flexibility index (Phi) is 4.03. The van der Waals surface area contributed by atoms with Crippen molar-refractivity contribution in [1.82, 2.24) is 0 Å². The highest BCUT2D eigenvalue weighted by Crippen LogP contribution is 2.10. The average Bonchev–Trinajstić information content (AvgIpc) is 2.40. The fourth-order valence-corrected chi connectivity index (χ4v) is 7.66. The van der Waals surface area contributed by atoms with Crippen LogP contribution < -0.4 is 10.4 Å². The molecule has 2 aromatic rings. The van der Waals surface area contributed by atoms with Gasteiger partial charge >= 0.3 is 17.1 Å². The van der Waals surface area contributed by atoms with Gasteiger partial charge in [0.1, 0.15) is 0 Å². The Bertz CT molecular complexity index is 477. The molecule has 0 saturated carbocycles. The van der Waals surface area contributed by atoms with E-state index >= 15 is 0 Å². The molecule has 0 saturated heterocycles. The van der Waals surface area contributed by atoms with Gasteiger partial charge in [-0.05, 0) is 23.5 Å². The molecule has 0 aliphatic heterocycles. The lowest BCUT2D eigenvalue weighted by atomic mass is 10.4. The minimum Gasteiger partial charge on any atom is -0.408 e. The van der Waals surface area contributed by atoms with Gasteiger partial charge in [-0.2, -0.15) is 0 Å². The highest BCUT2D eigenvalue weighted by atomic mass is 28.5. The standard InChI is InChI=1S/C14H18O3Si2/c1-18(15,13-9-5-3-6-10-13)17-19(2,16)14-11-7-4-8-12-14/h3-12,15-16H,1-2H3. The van der Waals surface area contributed by atoms with Gasteiger partial charge in [0.25, 0.3) is 0 Å². The maximum Gasteiger partial charge on any atom is 0.358 e. The van der Waals surface area contributed by atoms with Crippen molar-refractivity contribution in [3.05, 3.63) is 60.7 Å². The number of hydrogen-bond donors (Lipinski definition) is 2. The van der Waals surface area contributed by atoms with Crippen molar-refractivity contribution in [3.63, 3.8) is 0 Å². The summed E-state index contributed by atoms with van der Waals surface area (Å²) < 4.78 is 5.79. The van der Waals surface area contributed by atoms with Gasteiger partial charge in [0, 0.05) is 0 Å². The lowest BCUT2D eigenvalue weighted by Crippen LogP contribution is -2.61. The van der Waals surface area contributed by atoms with Crippen molar-refractivity contribution in [3.8, 4) is 0 Å². The van der Waals surface area contributed by atoms with Crippen molar-refractivity contribution < 1.29 is 13.7 Å². The zero-order chi connectivity index (χ0) is 13.9. The molecule has 100 valence electrons. The van der Waals surface area contributed by atoms with Crippen LogP contribution in [0.5, 0.6) is 0 Å². The molecule has 3 nitrogen and oxygen atoms in total. The highest BCUT2D eigenvalue weighted by Gasteiger charge is 2.41. The van der Waals surface area contributed by atoms with Crippen LogP contribution in [0, 0.1) is 0 Å². The minimum atomic E-state index is -3.09. The quantitative estimate of drug-likeness (QED) is 0.824. The van der Waals surface area contributed by atoms with E-state index in [4.69, 9.17) is 4.12 Å². The van der Waals surface area contributed by atoms with E-state index in [0.29, 0.717) is 0 Å². The molecule has 0 fully saturated rings. The summed E-state index contributed by atoms with van der Waals surface area (Å²) >= 11 is 0. The van der Waals surface area contributed by atoms with E-state index in [2.05, 4.69) is 0 Å². The summed E-state index contributed by atoms with van der Waals surface area (Å²) in [5.74, 6) is 0. The summed E-state index contributed by atoms with van der Waals surface area (Å²) in [5.41, 5.74) is 0. The van der Waals surface area contributed by atoms with E-state index in [1.165, 1.54) is 0 Å². The molecular formula is C14H18O3Si2. The van der Waals surface area contributed by atoms with Crippen LogP contribution in [0.15, 0.2) is 60.7 Å². The Morgan fingerprint density at radius 1 is 0.684 bits per heavy atom. The molecule has 0 radical (unpaired) electrons. The topological polar surface area (TPSA) is 49.7 Å². The van der Waals surface area contributed by atoms with Gasteiger partial charge in [0.05, 0.1) is 0 Å². The van der Waals surface area contributed by atoms with Crippen LogP contribution in [0.1, 0.15) is 0 Å². The molecule has 0 amide bonds. The van der Waals surface area contributed by atoms with Crippen LogP contribution in [-0.4, -0.2) is 26.7 Å². The lowest BCUT2D eigenvalue weighted by molar-refractivity contribution is 0.334. The van der Waals surface area contributed by atoms with Gasteiger partial charge in [-0.15, -0.1) is 0 Å². The predicted octanol–water partition coefficient (Wildman–Crippen LogP) is 0.946. The molecule has 2 aromatic carbocycles. The molecule has 0 aliphatic carbocycles. The Morgan fingerprint density at radius 2 is 1.00 bits per heavy atom. The van der Waals surface area contributed by atoms with Crippen LogP contribution in [0.2, 0.25) is 13.1 Å². The van der Waals surface area contributed by atoms with Crippen molar-refractivity contribution >= 4 is 27.5 Å². The zero-order valence-corrected chi connectivity index (χ0v) is 13.1. The minimum absolute atomic E-state index is 0.763. The van der Waals surface area contributed by atoms with Gasteiger partial charge in [-0.1, -0.05) is 60.7 Å². The molecule has 0 bridgehead atoms. The van der Waals surface area contributed by atoms with E-state index in [1.54, 1.807) is 13.1 Å². The molecule has 19 heavy (non-hydrogen) atoms. The lowest BCUT2D eigenvalue weighted by Gasteiger charge is -2.30. The van der Waals surface area contributed by atoms with E-state index in [0.717, 1.165) is 10.4 Å². The smallest absolute Gasteiger partial charge is 0.358 e. The van der Waals surface area contributed by atoms with Crippen molar-refractivity contribution in [2.24, 2.45) is 0 Å². The first-order chi connectivity index (χ1) is 8.92. The monoisotopic (exact) mass is 290 g/mol. The van der Waals surface area contributed by atoms with E-state index in [-0.39, 0.29) is 0 Å². The average molecular weight is 290 g/mol. The number of rotatable bonds is 4. The van der Waals surface area contributed by atoms with Gasteiger partial charge in [0.15, 0.2) is 0 Å². The summed E-state index contributed by atoms with van der Waals surface area (Å²) in [6.45, 7) is 3.37. The fraction of sp³-hybridized carbons (Fsp3) is 0.143. The van der Waals surface area contributed by atoms with Crippen LogP contribution in [0.4, 0.5) is 0 Å². The second-order valence-electron chi connectivity index (χ2n) is 4.80. The second kappa shape index (κ2) is 5.40. The van der Waals surface area contributed by atoms with Gasteiger partial charge in [0.2, 0.25) is 0 Å². The fourth-order valence-electron chi connectivity index (χ4n) is 2.00. The molecule has 0 aromatic heterocycles. The molecule has 2 rings (SSSR count). The number of benzene rings is 2. The third-order valence-electron chi connectivity index (χ3n) is 3.02. The van der Waals surface area contributed by atoms with Gasteiger partial charge in [-0.25, -0.2) is 0 Å². The van der Waals surface area contributed by atoms with Crippen molar-refractivity contribution in [1.29, 1.82) is 0 Å². The predicted molar refractivity (Wildman–Crippen MR) is 80.9 cm³/mol. The third-order valence-corrected chi connectivity index (χ3v) is 9.01. The Balaban J connectivity index is 2.25. The summed E-state index contributed by atoms with van der Waals surface area (Å²) in [4.78, 5) is 21.1. The van der Waals surface area contributed by atoms with Gasteiger partial charge in [-0.3, -0.25) is 0 Å². The first-order valence-electron chi connectivity index (χ1n) is 6.18. The van der Waals surface area contributed by atoms with Crippen molar-refractivity contribution in [2.45, 2.75) is 13.1 Å². The molecule has 2 atom stereocenters. The highest BCUT2D eigenvalue weighted by molar-refractivity contribution is 6.91. The molecular weight excluding hydrogens is 272 g/mol. The molecule has 0 aliphatic rings. The maximum absolute atomic E-state index is 10.6. The largest absolute Gasteiger partial charge is 0.408 e. The summed E-state index contributed by atoms with van der Waals surface area (Å²) in [7, 11) is -6.17. The van der Waals surface area contributed by atoms with Crippen LogP contribution in [0.3, 0.4) is 0 Å². The molecule has 5 heteroatoms. The zero-order valence-electron chi connectivity index (χ0n) is 11.1. The van der Waals surface area contributed by atoms with E-state index in [9.17, 15) is 9.59 Å².